The van der Waals surface area contributed by atoms with Gasteiger partial charge < -0.3 is 9.72 Å². The molecule has 2 heterocycles. The molecule has 0 saturated heterocycles. The predicted octanol–water partition coefficient (Wildman–Crippen LogP) is 3.82. The van der Waals surface area contributed by atoms with Crippen LogP contribution >= 0.6 is 0 Å². The molecule has 8 heteroatoms. The highest BCUT2D eigenvalue weighted by molar-refractivity contribution is 5.80. The van der Waals surface area contributed by atoms with Gasteiger partial charge in [-0.1, -0.05) is 60.7 Å². The summed E-state index contributed by atoms with van der Waals surface area (Å²) in [5.74, 6) is 1.47. The normalized spacial score (nSPS) is 11.3. The highest BCUT2D eigenvalue weighted by Gasteiger charge is 2.16. The van der Waals surface area contributed by atoms with Crippen molar-refractivity contribution < 1.29 is 4.74 Å². The van der Waals surface area contributed by atoms with Gasteiger partial charge in [0, 0.05) is 24.7 Å². The Labute approximate surface area is 209 Å². The van der Waals surface area contributed by atoms with Crippen LogP contribution in [0.25, 0.3) is 10.9 Å². The van der Waals surface area contributed by atoms with E-state index in [1.165, 1.54) is 5.56 Å². The fourth-order valence-corrected chi connectivity index (χ4v) is 4.27. The number of aromatic amines is 1. The van der Waals surface area contributed by atoms with Crippen molar-refractivity contribution in [3.05, 3.63) is 118 Å². The molecule has 8 nitrogen and oxygen atoms in total. The lowest BCUT2D eigenvalue weighted by Crippen LogP contribution is -2.30. The van der Waals surface area contributed by atoms with Crippen LogP contribution in [0.3, 0.4) is 0 Å². The highest BCUT2D eigenvalue weighted by Crippen LogP contribution is 2.19. The summed E-state index contributed by atoms with van der Waals surface area (Å²) in [7, 11) is 1.61. The van der Waals surface area contributed by atoms with Crippen molar-refractivity contribution in [1.82, 2.24) is 30.1 Å². The molecule has 182 valence electrons. The Morgan fingerprint density at radius 2 is 1.67 bits per heavy atom. The van der Waals surface area contributed by atoms with E-state index in [2.05, 4.69) is 49.7 Å². The quantitative estimate of drug-likeness (QED) is 0.327. The van der Waals surface area contributed by atoms with Crippen molar-refractivity contribution in [3.8, 4) is 5.75 Å². The number of tetrazole rings is 1. The Morgan fingerprint density at radius 1 is 0.917 bits per heavy atom. The summed E-state index contributed by atoms with van der Waals surface area (Å²) in [6, 6.07) is 28.1. The molecule has 0 fully saturated rings. The molecule has 0 saturated carbocycles. The fraction of sp³-hybridized carbons (Fsp3) is 0.214. The van der Waals surface area contributed by atoms with E-state index in [4.69, 9.17) is 4.74 Å². The third-order valence-corrected chi connectivity index (χ3v) is 6.23. The SMILES string of the molecule is COc1ccc2cc(CN(CCc3ccccc3)Cc3nnnn3Cc3ccccc3)c(=O)[nH]c2c1. The summed E-state index contributed by atoms with van der Waals surface area (Å²) in [6.07, 6.45) is 0.851. The molecule has 1 N–H and O–H groups in total. The van der Waals surface area contributed by atoms with Gasteiger partial charge in [-0.05, 0) is 51.6 Å². The maximum atomic E-state index is 13.0. The Balaban J connectivity index is 1.40. The van der Waals surface area contributed by atoms with Gasteiger partial charge in [0.15, 0.2) is 5.82 Å². The molecule has 0 aliphatic rings. The minimum Gasteiger partial charge on any atom is -0.497 e. The number of benzene rings is 3. The van der Waals surface area contributed by atoms with Gasteiger partial charge in [-0.15, -0.1) is 5.10 Å². The largest absolute Gasteiger partial charge is 0.497 e. The number of nitrogens with one attached hydrogen (secondary N) is 1. The molecule has 0 unspecified atom stereocenters. The van der Waals surface area contributed by atoms with E-state index in [1.807, 2.05) is 65.3 Å². The highest BCUT2D eigenvalue weighted by atomic mass is 16.5. The minimum absolute atomic E-state index is 0.107. The average molecular weight is 481 g/mol. The first-order chi connectivity index (χ1) is 17.7. The molecular formula is C28H28N6O2. The number of H-pyrrole nitrogens is 1. The van der Waals surface area contributed by atoms with Crippen LogP contribution in [0.1, 0.15) is 22.5 Å². The zero-order chi connectivity index (χ0) is 24.7. The number of aromatic nitrogens is 5. The van der Waals surface area contributed by atoms with E-state index < -0.39 is 0 Å². The maximum absolute atomic E-state index is 13.0. The van der Waals surface area contributed by atoms with E-state index in [0.29, 0.717) is 30.9 Å². The molecule has 0 amide bonds. The second kappa shape index (κ2) is 11.0. The van der Waals surface area contributed by atoms with Crippen LogP contribution in [0, 0.1) is 0 Å². The Kier molecular flexibility index (Phi) is 7.14. The lowest BCUT2D eigenvalue weighted by Gasteiger charge is -2.22. The number of rotatable bonds is 10. The standard InChI is InChI=1S/C28H28N6O2/c1-36-25-13-12-23-16-24(28(35)29-26(23)17-25)19-33(15-14-21-8-4-2-5-9-21)20-27-30-31-32-34(27)18-22-10-6-3-7-11-22/h2-13,16-17H,14-15,18-20H2,1H3,(H,29,35). The molecule has 0 bridgehead atoms. The van der Waals surface area contributed by atoms with Crippen molar-refractivity contribution in [2.45, 2.75) is 26.1 Å². The van der Waals surface area contributed by atoms with Gasteiger partial charge in [0.2, 0.25) is 0 Å². The zero-order valence-electron chi connectivity index (χ0n) is 20.2. The second-order valence-corrected chi connectivity index (χ2v) is 8.76. The molecule has 0 radical (unpaired) electrons. The van der Waals surface area contributed by atoms with Crippen LogP contribution in [0.15, 0.2) is 89.7 Å². The first-order valence-electron chi connectivity index (χ1n) is 11.9. The van der Waals surface area contributed by atoms with Crippen molar-refractivity contribution in [1.29, 1.82) is 0 Å². The number of ether oxygens (including phenoxy) is 1. The predicted molar refractivity (Wildman–Crippen MR) is 139 cm³/mol. The molecule has 0 atom stereocenters. The Bertz CT molecular complexity index is 1480. The van der Waals surface area contributed by atoms with Gasteiger partial charge in [-0.3, -0.25) is 9.69 Å². The number of nitrogens with zero attached hydrogens (tertiary/aromatic N) is 5. The summed E-state index contributed by atoms with van der Waals surface area (Å²) in [4.78, 5) is 18.2. The summed E-state index contributed by atoms with van der Waals surface area (Å²) in [5.41, 5.74) is 3.71. The molecule has 36 heavy (non-hydrogen) atoms. The van der Waals surface area contributed by atoms with Crippen molar-refractivity contribution in [3.63, 3.8) is 0 Å². The van der Waals surface area contributed by atoms with E-state index >= 15 is 0 Å². The van der Waals surface area contributed by atoms with Crippen molar-refractivity contribution in [2.24, 2.45) is 0 Å². The summed E-state index contributed by atoms with van der Waals surface area (Å²) in [6.45, 7) is 2.34. The molecular weight excluding hydrogens is 452 g/mol. The van der Waals surface area contributed by atoms with Crippen LogP contribution < -0.4 is 10.3 Å². The van der Waals surface area contributed by atoms with E-state index in [1.54, 1.807) is 7.11 Å². The molecule has 0 aliphatic carbocycles. The number of hydrogen-bond acceptors (Lipinski definition) is 6. The van der Waals surface area contributed by atoms with Gasteiger partial charge in [0.1, 0.15) is 5.75 Å². The Morgan fingerprint density at radius 3 is 2.42 bits per heavy atom. The number of fused-ring (bicyclic) bond motifs is 1. The van der Waals surface area contributed by atoms with Crippen LogP contribution in [-0.4, -0.2) is 43.7 Å². The number of methoxy groups -OCH3 is 1. The van der Waals surface area contributed by atoms with Gasteiger partial charge in [0.05, 0.1) is 25.7 Å². The molecule has 0 aliphatic heterocycles. The third kappa shape index (κ3) is 5.67. The number of hydrogen-bond donors (Lipinski definition) is 1. The van der Waals surface area contributed by atoms with E-state index in [-0.39, 0.29) is 5.56 Å². The van der Waals surface area contributed by atoms with Gasteiger partial charge in [-0.2, -0.15) is 0 Å². The molecule has 0 spiro atoms. The summed E-state index contributed by atoms with van der Waals surface area (Å²) >= 11 is 0. The van der Waals surface area contributed by atoms with Gasteiger partial charge in [0.25, 0.3) is 5.56 Å². The molecule has 2 aromatic heterocycles. The first-order valence-corrected chi connectivity index (χ1v) is 11.9. The smallest absolute Gasteiger partial charge is 0.252 e. The van der Waals surface area contributed by atoms with Crippen LogP contribution in [0.2, 0.25) is 0 Å². The van der Waals surface area contributed by atoms with Crippen LogP contribution in [0.4, 0.5) is 0 Å². The monoisotopic (exact) mass is 480 g/mol. The zero-order valence-corrected chi connectivity index (χ0v) is 20.2. The maximum Gasteiger partial charge on any atom is 0.252 e. The van der Waals surface area contributed by atoms with Crippen molar-refractivity contribution >= 4 is 10.9 Å². The second-order valence-electron chi connectivity index (χ2n) is 8.76. The summed E-state index contributed by atoms with van der Waals surface area (Å²) in [5, 5.41) is 13.4. The van der Waals surface area contributed by atoms with Gasteiger partial charge >= 0.3 is 0 Å². The van der Waals surface area contributed by atoms with Crippen LogP contribution in [-0.2, 0) is 26.1 Å². The van der Waals surface area contributed by atoms with E-state index in [0.717, 1.165) is 35.3 Å². The first kappa shape index (κ1) is 23.4. The van der Waals surface area contributed by atoms with Crippen molar-refractivity contribution in [2.75, 3.05) is 13.7 Å². The third-order valence-electron chi connectivity index (χ3n) is 6.23. The Hall–Kier alpha value is -4.30. The van der Waals surface area contributed by atoms with Gasteiger partial charge in [-0.25, -0.2) is 4.68 Å². The lowest BCUT2D eigenvalue weighted by atomic mass is 10.1. The molecule has 3 aromatic carbocycles. The van der Waals surface area contributed by atoms with E-state index in [9.17, 15) is 4.79 Å². The topological polar surface area (TPSA) is 88.9 Å². The summed E-state index contributed by atoms with van der Waals surface area (Å²) < 4.78 is 7.11. The number of pyridine rings is 1. The fourth-order valence-electron chi connectivity index (χ4n) is 4.27. The average Bonchev–Trinajstić information content (AvgIpc) is 3.34. The molecule has 5 aromatic rings. The lowest BCUT2D eigenvalue weighted by molar-refractivity contribution is 0.248. The minimum atomic E-state index is -0.107. The van der Waals surface area contributed by atoms with Crippen LogP contribution in [0.5, 0.6) is 5.75 Å². The molecule has 5 rings (SSSR count).